The van der Waals surface area contributed by atoms with Gasteiger partial charge >= 0.3 is 12.0 Å². The van der Waals surface area contributed by atoms with Crippen LogP contribution in [0.15, 0.2) is 60.8 Å². The molecule has 0 bridgehead atoms. The van der Waals surface area contributed by atoms with E-state index >= 15 is 0 Å². The van der Waals surface area contributed by atoms with Crippen molar-refractivity contribution in [2.75, 3.05) is 30.1 Å². The van der Waals surface area contributed by atoms with Gasteiger partial charge in [-0.1, -0.05) is 30.3 Å². The van der Waals surface area contributed by atoms with Crippen molar-refractivity contribution >= 4 is 46.9 Å². The molecular formula is C30H34N6O7. The van der Waals surface area contributed by atoms with Gasteiger partial charge in [0.1, 0.15) is 11.6 Å². The molecule has 226 valence electrons. The van der Waals surface area contributed by atoms with Crippen LogP contribution in [0, 0.1) is 6.92 Å². The highest BCUT2D eigenvalue weighted by molar-refractivity contribution is 6.01. The van der Waals surface area contributed by atoms with E-state index in [9.17, 15) is 29.1 Å². The molecule has 1 atom stereocenters. The molecule has 43 heavy (non-hydrogen) atoms. The molecule has 1 unspecified atom stereocenters. The largest absolute Gasteiger partial charge is 0.495 e. The highest BCUT2D eigenvalue weighted by atomic mass is 16.5. The Bertz CT molecular complexity index is 1490. The van der Waals surface area contributed by atoms with E-state index in [1.54, 1.807) is 30.3 Å². The number of anilines is 3. The second-order valence-electron chi connectivity index (χ2n) is 9.72. The molecule has 5 amide bonds. The van der Waals surface area contributed by atoms with Crippen LogP contribution in [-0.4, -0.2) is 58.9 Å². The Morgan fingerprint density at radius 3 is 2.33 bits per heavy atom. The molecule has 0 fully saturated rings. The third-order valence-corrected chi connectivity index (χ3v) is 6.52. The lowest BCUT2D eigenvalue weighted by Gasteiger charge is -2.27. The monoisotopic (exact) mass is 590 g/mol. The zero-order valence-corrected chi connectivity index (χ0v) is 24.0. The van der Waals surface area contributed by atoms with Crippen LogP contribution in [0.2, 0.25) is 0 Å². The Morgan fingerprint density at radius 2 is 1.70 bits per heavy atom. The molecule has 13 heteroatoms. The van der Waals surface area contributed by atoms with Gasteiger partial charge in [-0.25, -0.2) is 9.78 Å². The maximum Gasteiger partial charge on any atom is 0.323 e. The Morgan fingerprint density at radius 1 is 0.977 bits per heavy atom. The lowest BCUT2D eigenvalue weighted by Crippen LogP contribution is -2.33. The van der Waals surface area contributed by atoms with E-state index in [1.165, 1.54) is 31.3 Å². The number of urea groups is 1. The minimum Gasteiger partial charge on any atom is -0.495 e. The summed E-state index contributed by atoms with van der Waals surface area (Å²) in [6, 6.07) is 14.1. The maximum atomic E-state index is 12.7. The minimum absolute atomic E-state index is 0.0196. The van der Waals surface area contributed by atoms with Gasteiger partial charge in [0.25, 0.3) is 0 Å². The molecule has 3 rings (SSSR count). The van der Waals surface area contributed by atoms with Gasteiger partial charge in [-0.15, -0.1) is 0 Å². The van der Waals surface area contributed by atoms with Crippen LogP contribution in [0.5, 0.6) is 5.75 Å². The molecule has 0 aliphatic rings. The molecule has 6 N–H and O–H groups in total. The average Bonchev–Trinajstić information content (AvgIpc) is 2.96. The topological polar surface area (TPSA) is 193 Å². The number of hydrogen-bond acceptors (Lipinski definition) is 7. The fourth-order valence-corrected chi connectivity index (χ4v) is 4.21. The molecule has 3 aromatic rings. The first kappa shape index (κ1) is 32.1. The number of pyridine rings is 1. The first-order valence-electron chi connectivity index (χ1n) is 13.3. The maximum absolute atomic E-state index is 12.7. The number of nitrogens with zero attached hydrogens (tertiary/aromatic N) is 2. The van der Waals surface area contributed by atoms with Crippen LogP contribution < -0.4 is 26.4 Å². The molecule has 0 aliphatic carbocycles. The summed E-state index contributed by atoms with van der Waals surface area (Å²) in [5.41, 5.74) is 8.17. The van der Waals surface area contributed by atoms with E-state index < -0.39 is 29.9 Å². The fourth-order valence-electron chi connectivity index (χ4n) is 4.21. The summed E-state index contributed by atoms with van der Waals surface area (Å²) >= 11 is 0. The molecule has 13 nitrogen and oxygen atoms in total. The number of carboxylic acids is 1. The summed E-state index contributed by atoms with van der Waals surface area (Å²) in [6.45, 7) is 1.88. The van der Waals surface area contributed by atoms with Crippen molar-refractivity contribution in [3.8, 4) is 5.75 Å². The molecule has 0 saturated carbocycles. The van der Waals surface area contributed by atoms with Gasteiger partial charge in [-0.2, -0.15) is 0 Å². The van der Waals surface area contributed by atoms with Gasteiger partial charge in [0.05, 0.1) is 31.7 Å². The lowest BCUT2D eigenvalue weighted by atomic mass is 10.0. The summed E-state index contributed by atoms with van der Waals surface area (Å²) in [5, 5.41) is 17.6. The van der Waals surface area contributed by atoms with E-state index in [1.807, 2.05) is 25.1 Å². The fraction of sp³-hybridized carbons (Fsp3) is 0.267. The number of methoxy groups -OCH3 is 1. The summed E-state index contributed by atoms with van der Waals surface area (Å²) in [4.78, 5) is 65.6. The standard InChI is InChI=1S/C30H34N6O7/c1-18-6-4-5-7-21(18)33-30(42)34-22-10-8-19(14-24(22)43-3)15-27(38)35-26-12-9-20(17-32-26)23(16-29(40)41)36(2)28(39)13-11-25(31)37/h4-10,12,14,17,23H,11,13,15-16H2,1-3H3,(H2,31,37)(H,40,41)(H,32,35,38)(H2,33,34,42). The number of aliphatic carboxylic acids is 1. The predicted octanol–water partition coefficient (Wildman–Crippen LogP) is 3.46. The van der Waals surface area contributed by atoms with Crippen molar-refractivity contribution < 1.29 is 33.8 Å². The zero-order chi connectivity index (χ0) is 31.5. The van der Waals surface area contributed by atoms with Crippen molar-refractivity contribution in [3.05, 3.63) is 77.5 Å². The number of aromatic nitrogens is 1. The smallest absolute Gasteiger partial charge is 0.323 e. The number of rotatable bonds is 13. The van der Waals surface area contributed by atoms with Crippen molar-refractivity contribution in [1.82, 2.24) is 9.88 Å². The van der Waals surface area contributed by atoms with Crippen LogP contribution in [0.4, 0.5) is 22.0 Å². The van der Waals surface area contributed by atoms with Gasteiger partial charge in [-0.05, 0) is 47.9 Å². The third kappa shape index (κ3) is 9.56. The van der Waals surface area contributed by atoms with Gasteiger partial charge in [0.15, 0.2) is 0 Å². The number of para-hydroxylation sites is 1. The second kappa shape index (κ2) is 15.0. The van der Waals surface area contributed by atoms with Crippen LogP contribution >= 0.6 is 0 Å². The van der Waals surface area contributed by atoms with E-state index in [2.05, 4.69) is 20.9 Å². The van der Waals surface area contributed by atoms with Crippen LogP contribution in [-0.2, 0) is 25.6 Å². The average molecular weight is 591 g/mol. The number of benzene rings is 2. The van der Waals surface area contributed by atoms with Crippen molar-refractivity contribution in [1.29, 1.82) is 0 Å². The number of amides is 5. The number of hydrogen-bond donors (Lipinski definition) is 5. The van der Waals surface area contributed by atoms with E-state index in [4.69, 9.17) is 10.5 Å². The quantitative estimate of drug-likeness (QED) is 0.200. The SMILES string of the molecule is COc1cc(CC(=O)Nc2ccc(C(CC(=O)O)N(C)C(=O)CCC(N)=O)cn2)ccc1NC(=O)Nc1ccccc1C. The summed E-state index contributed by atoms with van der Waals surface area (Å²) in [5.74, 6) is -1.98. The number of nitrogens with one attached hydrogen (secondary N) is 3. The van der Waals surface area contributed by atoms with E-state index in [-0.39, 0.29) is 37.4 Å². The van der Waals surface area contributed by atoms with Gasteiger partial charge in [0, 0.05) is 31.8 Å². The van der Waals surface area contributed by atoms with Crippen LogP contribution in [0.1, 0.15) is 42.0 Å². The number of nitrogens with two attached hydrogens (primary N) is 1. The summed E-state index contributed by atoms with van der Waals surface area (Å²) in [7, 11) is 2.90. The molecule has 1 aromatic heterocycles. The number of carboxylic acid groups (broad SMARTS) is 1. The van der Waals surface area contributed by atoms with Crippen molar-refractivity contribution in [2.45, 2.75) is 38.6 Å². The molecule has 1 heterocycles. The van der Waals surface area contributed by atoms with Crippen molar-refractivity contribution in [3.63, 3.8) is 0 Å². The number of primary amides is 1. The molecule has 0 radical (unpaired) electrons. The minimum atomic E-state index is -1.12. The van der Waals surface area contributed by atoms with Crippen LogP contribution in [0.25, 0.3) is 0 Å². The Kier molecular flexibility index (Phi) is 11.2. The first-order valence-corrected chi connectivity index (χ1v) is 13.3. The summed E-state index contributed by atoms with van der Waals surface area (Å²) in [6.07, 6.45) is 0.680. The van der Waals surface area contributed by atoms with Gasteiger partial charge in [-0.3, -0.25) is 19.2 Å². The molecule has 0 spiro atoms. The Balaban J connectivity index is 1.63. The molecular weight excluding hydrogens is 556 g/mol. The van der Waals surface area contributed by atoms with E-state index in [0.717, 1.165) is 5.56 Å². The lowest BCUT2D eigenvalue weighted by molar-refractivity contribution is -0.141. The Hall–Kier alpha value is -5.46. The first-order chi connectivity index (χ1) is 20.5. The third-order valence-electron chi connectivity index (χ3n) is 6.52. The molecule has 2 aromatic carbocycles. The summed E-state index contributed by atoms with van der Waals surface area (Å²) < 4.78 is 5.41. The predicted molar refractivity (Wildman–Crippen MR) is 160 cm³/mol. The number of carbonyl (C=O) groups excluding carboxylic acids is 4. The normalized spacial score (nSPS) is 11.1. The molecule has 0 saturated heterocycles. The number of carbonyl (C=O) groups is 5. The van der Waals surface area contributed by atoms with E-state index in [0.29, 0.717) is 28.3 Å². The van der Waals surface area contributed by atoms with Gasteiger partial charge < -0.3 is 36.4 Å². The van der Waals surface area contributed by atoms with Crippen molar-refractivity contribution in [2.24, 2.45) is 5.73 Å². The van der Waals surface area contributed by atoms with Crippen LogP contribution in [0.3, 0.4) is 0 Å². The second-order valence-corrected chi connectivity index (χ2v) is 9.72. The Labute approximate surface area is 248 Å². The highest BCUT2D eigenvalue weighted by Gasteiger charge is 2.25. The number of aryl methyl sites for hydroxylation is 1. The number of ether oxygens (including phenoxy) is 1. The zero-order valence-electron chi connectivity index (χ0n) is 24.0. The molecule has 0 aliphatic heterocycles. The van der Waals surface area contributed by atoms with Gasteiger partial charge in [0.2, 0.25) is 17.7 Å². The highest BCUT2D eigenvalue weighted by Crippen LogP contribution is 2.27.